The van der Waals surface area contributed by atoms with Crippen LogP contribution in [-0.2, 0) is 4.74 Å². The zero-order valence-corrected chi connectivity index (χ0v) is 13.4. The summed E-state index contributed by atoms with van der Waals surface area (Å²) in [4.78, 5) is 14.5. The van der Waals surface area contributed by atoms with Crippen molar-refractivity contribution >= 4 is 5.97 Å². The molecule has 6 heteroatoms. The number of nitrogens with one attached hydrogen (secondary N) is 1. The van der Waals surface area contributed by atoms with Gasteiger partial charge < -0.3 is 14.5 Å². The molecule has 0 aliphatic carbocycles. The number of hydrogen-bond donors (Lipinski definition) is 1. The molecule has 0 aliphatic heterocycles. The molecule has 25 heavy (non-hydrogen) atoms. The van der Waals surface area contributed by atoms with Crippen LogP contribution < -0.4 is 4.74 Å². The molecule has 128 valence electrons. The van der Waals surface area contributed by atoms with Crippen molar-refractivity contribution in [2.75, 3.05) is 6.61 Å². The van der Waals surface area contributed by atoms with E-state index in [9.17, 15) is 13.6 Å². The summed E-state index contributed by atoms with van der Waals surface area (Å²) >= 11 is 0. The van der Waals surface area contributed by atoms with Crippen molar-refractivity contribution in [3.05, 3.63) is 72.1 Å². The molecule has 1 heterocycles. The van der Waals surface area contributed by atoms with E-state index in [1.807, 2.05) is 0 Å². The number of halogens is 2. The number of rotatable bonds is 5. The molecule has 3 rings (SSSR count). The van der Waals surface area contributed by atoms with Gasteiger partial charge in [0, 0.05) is 6.20 Å². The molecule has 0 aliphatic rings. The molecule has 4 nitrogen and oxygen atoms in total. The maximum Gasteiger partial charge on any atom is 0.354 e. The number of para-hydroxylation sites is 1. The lowest BCUT2D eigenvalue weighted by atomic mass is 10.1. The highest BCUT2D eigenvalue weighted by Gasteiger charge is 2.12. The summed E-state index contributed by atoms with van der Waals surface area (Å²) in [7, 11) is 0. The fraction of sp³-hybridized carbons (Fsp3) is 0.105. The van der Waals surface area contributed by atoms with Crippen LogP contribution in [0.5, 0.6) is 11.5 Å². The quantitative estimate of drug-likeness (QED) is 0.668. The average Bonchev–Trinajstić information content (AvgIpc) is 3.09. The van der Waals surface area contributed by atoms with Gasteiger partial charge in [0.25, 0.3) is 0 Å². The molecule has 1 aromatic heterocycles. The first-order valence-electron chi connectivity index (χ1n) is 7.66. The van der Waals surface area contributed by atoms with E-state index in [1.165, 1.54) is 6.07 Å². The van der Waals surface area contributed by atoms with Gasteiger partial charge in [0.1, 0.15) is 11.4 Å². The molecular weight excluding hydrogens is 328 g/mol. The summed E-state index contributed by atoms with van der Waals surface area (Å²) in [6, 6.07) is 11.8. The van der Waals surface area contributed by atoms with Crippen molar-refractivity contribution in [2.24, 2.45) is 0 Å². The number of esters is 1. The van der Waals surface area contributed by atoms with Crippen molar-refractivity contribution < 1.29 is 23.0 Å². The van der Waals surface area contributed by atoms with E-state index in [0.717, 1.165) is 23.3 Å². The van der Waals surface area contributed by atoms with E-state index in [4.69, 9.17) is 9.47 Å². The fourth-order valence-electron chi connectivity index (χ4n) is 2.30. The number of H-pyrrole nitrogens is 1. The van der Waals surface area contributed by atoms with Gasteiger partial charge in [-0.05, 0) is 48.4 Å². The van der Waals surface area contributed by atoms with E-state index in [0.29, 0.717) is 18.1 Å². The highest BCUT2D eigenvalue weighted by molar-refractivity contribution is 5.89. The summed E-state index contributed by atoms with van der Waals surface area (Å²) in [6.45, 7) is 2.03. The second-order valence-corrected chi connectivity index (χ2v) is 5.20. The van der Waals surface area contributed by atoms with Crippen molar-refractivity contribution in [2.45, 2.75) is 6.92 Å². The van der Waals surface area contributed by atoms with Gasteiger partial charge in [-0.1, -0.05) is 18.2 Å². The van der Waals surface area contributed by atoms with Gasteiger partial charge in [-0.2, -0.15) is 0 Å². The molecule has 1 N–H and O–H groups in total. The van der Waals surface area contributed by atoms with Crippen molar-refractivity contribution in [1.29, 1.82) is 0 Å². The summed E-state index contributed by atoms with van der Waals surface area (Å²) in [5.74, 6) is -2.11. The summed E-state index contributed by atoms with van der Waals surface area (Å²) in [5, 5.41) is 0. The van der Waals surface area contributed by atoms with Gasteiger partial charge in [-0.25, -0.2) is 13.6 Å². The molecule has 0 amide bonds. The van der Waals surface area contributed by atoms with Crippen LogP contribution in [0.25, 0.3) is 11.1 Å². The number of aromatic nitrogens is 1. The van der Waals surface area contributed by atoms with Gasteiger partial charge in [-0.15, -0.1) is 0 Å². The third-order valence-electron chi connectivity index (χ3n) is 3.50. The van der Waals surface area contributed by atoms with E-state index in [1.54, 1.807) is 43.5 Å². The number of hydrogen-bond acceptors (Lipinski definition) is 3. The van der Waals surface area contributed by atoms with Crippen molar-refractivity contribution in [3.8, 4) is 22.6 Å². The van der Waals surface area contributed by atoms with Crippen LogP contribution in [0.2, 0.25) is 0 Å². The van der Waals surface area contributed by atoms with Crippen LogP contribution >= 0.6 is 0 Å². The Labute approximate surface area is 143 Å². The molecule has 0 saturated carbocycles. The van der Waals surface area contributed by atoms with Crippen LogP contribution in [0.1, 0.15) is 17.4 Å². The second kappa shape index (κ2) is 7.17. The summed E-state index contributed by atoms with van der Waals surface area (Å²) < 4.78 is 37.4. The maximum atomic E-state index is 13.6. The third-order valence-corrected chi connectivity index (χ3v) is 3.50. The van der Waals surface area contributed by atoms with Gasteiger partial charge in [0.2, 0.25) is 0 Å². The molecule has 2 aromatic carbocycles. The second-order valence-electron chi connectivity index (χ2n) is 5.20. The van der Waals surface area contributed by atoms with E-state index < -0.39 is 23.4 Å². The van der Waals surface area contributed by atoms with Crippen LogP contribution in [0.15, 0.2) is 54.7 Å². The van der Waals surface area contributed by atoms with Gasteiger partial charge in [0.15, 0.2) is 17.4 Å². The first kappa shape index (κ1) is 16.7. The minimum Gasteiger partial charge on any atom is -0.461 e. The standard InChI is InChI=1S/C19H15F2NO3/c1-2-24-19(23)17-10-13(11-22-17)12-6-8-14(9-7-12)25-18-15(20)4-3-5-16(18)21/h3-11,22H,2H2,1H3. The first-order valence-corrected chi connectivity index (χ1v) is 7.66. The van der Waals surface area contributed by atoms with Crippen LogP contribution in [-0.4, -0.2) is 17.6 Å². The fourth-order valence-corrected chi connectivity index (χ4v) is 2.30. The molecule has 0 spiro atoms. The SMILES string of the molecule is CCOC(=O)c1cc(-c2ccc(Oc3c(F)cccc3F)cc2)c[nH]1. The highest BCUT2D eigenvalue weighted by Crippen LogP contribution is 2.29. The Hall–Kier alpha value is -3.15. The normalized spacial score (nSPS) is 10.5. The van der Waals surface area contributed by atoms with Gasteiger partial charge in [0.05, 0.1) is 6.61 Å². The minimum absolute atomic E-state index is 0.297. The van der Waals surface area contributed by atoms with Crippen molar-refractivity contribution in [1.82, 2.24) is 4.98 Å². The van der Waals surface area contributed by atoms with E-state index in [2.05, 4.69) is 4.98 Å². The Morgan fingerprint density at radius 1 is 1.04 bits per heavy atom. The minimum atomic E-state index is -0.770. The van der Waals surface area contributed by atoms with Gasteiger partial charge >= 0.3 is 5.97 Å². The molecule has 3 aromatic rings. The summed E-state index contributed by atoms with van der Waals surface area (Å²) in [6.07, 6.45) is 1.68. The van der Waals surface area contributed by atoms with E-state index in [-0.39, 0.29) is 0 Å². The maximum absolute atomic E-state index is 13.6. The summed E-state index contributed by atoms with van der Waals surface area (Å²) in [5.41, 5.74) is 1.95. The molecular formula is C19H15F2NO3. The number of ether oxygens (including phenoxy) is 2. The van der Waals surface area contributed by atoms with E-state index >= 15 is 0 Å². The van der Waals surface area contributed by atoms with Crippen molar-refractivity contribution in [3.63, 3.8) is 0 Å². The lowest BCUT2D eigenvalue weighted by Gasteiger charge is -2.08. The zero-order chi connectivity index (χ0) is 17.8. The third kappa shape index (κ3) is 3.68. The largest absolute Gasteiger partial charge is 0.461 e. The predicted octanol–water partition coefficient (Wildman–Crippen LogP) is 4.93. The lowest BCUT2D eigenvalue weighted by Crippen LogP contribution is -2.04. The first-order chi connectivity index (χ1) is 12.1. The molecule has 0 unspecified atom stereocenters. The topological polar surface area (TPSA) is 51.3 Å². The smallest absolute Gasteiger partial charge is 0.354 e. The predicted molar refractivity (Wildman–Crippen MR) is 88.6 cm³/mol. The molecule has 0 fully saturated rings. The molecule has 0 radical (unpaired) electrons. The van der Waals surface area contributed by atoms with Crippen LogP contribution in [0.3, 0.4) is 0 Å². The Bertz CT molecular complexity index is 868. The highest BCUT2D eigenvalue weighted by atomic mass is 19.1. The number of carbonyl (C=O) groups excluding carboxylic acids is 1. The lowest BCUT2D eigenvalue weighted by molar-refractivity contribution is 0.0520. The van der Waals surface area contributed by atoms with Crippen LogP contribution in [0.4, 0.5) is 8.78 Å². The number of carbonyl (C=O) groups is 1. The molecule has 0 atom stereocenters. The Morgan fingerprint density at radius 3 is 2.36 bits per heavy atom. The van der Waals surface area contributed by atoms with Gasteiger partial charge in [-0.3, -0.25) is 0 Å². The Kier molecular flexibility index (Phi) is 4.79. The Morgan fingerprint density at radius 2 is 1.72 bits per heavy atom. The number of benzene rings is 2. The number of aromatic amines is 1. The monoisotopic (exact) mass is 343 g/mol. The zero-order valence-electron chi connectivity index (χ0n) is 13.4. The average molecular weight is 343 g/mol. The molecule has 0 saturated heterocycles. The Balaban J connectivity index is 1.78. The molecule has 0 bridgehead atoms. The van der Waals surface area contributed by atoms with Crippen LogP contribution in [0, 0.1) is 11.6 Å².